The van der Waals surface area contributed by atoms with Crippen LogP contribution in [0, 0.1) is 0 Å². The summed E-state index contributed by atoms with van der Waals surface area (Å²) >= 11 is 1.55. The zero-order chi connectivity index (χ0) is 13.9. The molecular weight excluding hydrogens is 274 g/mol. The van der Waals surface area contributed by atoms with Crippen LogP contribution in [-0.2, 0) is 4.79 Å². The van der Waals surface area contributed by atoms with Gasteiger partial charge in [-0.2, -0.15) is 0 Å². The van der Waals surface area contributed by atoms with Crippen molar-refractivity contribution in [3.8, 4) is 11.5 Å². The molecule has 20 heavy (non-hydrogen) atoms. The number of carbonyl (C=O) groups is 1. The minimum atomic E-state index is -0.0969. The van der Waals surface area contributed by atoms with Crippen molar-refractivity contribution in [2.45, 2.75) is 42.4 Å². The molecule has 2 aliphatic rings. The smallest absolute Gasteiger partial charge is 0.233 e. The number of carbonyl (C=O) groups excluding carboxylic acids is 1. The molecule has 0 spiro atoms. The molecule has 1 atom stereocenters. The Morgan fingerprint density at radius 2 is 2.05 bits per heavy atom. The van der Waals surface area contributed by atoms with E-state index in [1.54, 1.807) is 11.8 Å². The van der Waals surface area contributed by atoms with Crippen LogP contribution in [0.25, 0.3) is 0 Å². The second kappa shape index (κ2) is 5.95. The molecule has 1 heterocycles. The van der Waals surface area contributed by atoms with Crippen LogP contribution < -0.4 is 14.8 Å². The van der Waals surface area contributed by atoms with Crippen molar-refractivity contribution in [2.24, 2.45) is 0 Å². The van der Waals surface area contributed by atoms with Gasteiger partial charge in [0.05, 0.1) is 18.5 Å². The minimum absolute atomic E-state index is 0.0969. The molecule has 1 aromatic rings. The van der Waals surface area contributed by atoms with Gasteiger partial charge in [0, 0.05) is 17.4 Å². The molecule has 0 radical (unpaired) electrons. The molecule has 1 aliphatic heterocycles. The van der Waals surface area contributed by atoms with Crippen LogP contribution >= 0.6 is 11.8 Å². The van der Waals surface area contributed by atoms with E-state index in [4.69, 9.17) is 9.47 Å². The number of amides is 1. The molecule has 5 heteroatoms. The van der Waals surface area contributed by atoms with Gasteiger partial charge in [-0.3, -0.25) is 4.79 Å². The van der Waals surface area contributed by atoms with Gasteiger partial charge in [-0.25, -0.2) is 0 Å². The molecular formula is C15H19NO3S. The fourth-order valence-electron chi connectivity index (χ4n) is 2.02. The Labute approximate surface area is 123 Å². The summed E-state index contributed by atoms with van der Waals surface area (Å²) < 4.78 is 11.3. The first-order valence-corrected chi connectivity index (χ1v) is 7.97. The van der Waals surface area contributed by atoms with E-state index in [1.807, 2.05) is 25.1 Å². The van der Waals surface area contributed by atoms with Crippen LogP contribution in [0.1, 0.15) is 26.2 Å². The fourth-order valence-corrected chi connectivity index (χ4v) is 2.93. The zero-order valence-corrected chi connectivity index (χ0v) is 12.4. The first-order chi connectivity index (χ1) is 9.72. The van der Waals surface area contributed by atoms with Gasteiger partial charge >= 0.3 is 0 Å². The zero-order valence-electron chi connectivity index (χ0n) is 11.6. The predicted octanol–water partition coefficient (Wildman–Crippen LogP) is 2.61. The van der Waals surface area contributed by atoms with Crippen LogP contribution in [0.4, 0.5) is 0 Å². The third kappa shape index (κ3) is 3.39. The maximum atomic E-state index is 12.0. The normalized spacial score (nSPS) is 19.1. The van der Waals surface area contributed by atoms with Crippen molar-refractivity contribution >= 4 is 17.7 Å². The SMILES string of the molecule is CC(Sc1ccc2c(c1)OCCCO2)C(=O)NC1CC1. The van der Waals surface area contributed by atoms with Crippen molar-refractivity contribution in [1.29, 1.82) is 0 Å². The van der Waals surface area contributed by atoms with E-state index in [9.17, 15) is 4.79 Å². The largest absolute Gasteiger partial charge is 0.490 e. The molecule has 0 saturated heterocycles. The minimum Gasteiger partial charge on any atom is -0.490 e. The molecule has 3 rings (SSSR count). The lowest BCUT2D eigenvalue weighted by molar-refractivity contribution is -0.120. The van der Waals surface area contributed by atoms with Gasteiger partial charge in [0.2, 0.25) is 5.91 Å². The van der Waals surface area contributed by atoms with Crippen LogP contribution in [0.5, 0.6) is 11.5 Å². The average Bonchev–Trinajstić information content (AvgIpc) is 3.24. The lowest BCUT2D eigenvalue weighted by Gasteiger charge is -2.13. The van der Waals surface area contributed by atoms with E-state index in [2.05, 4.69) is 5.32 Å². The van der Waals surface area contributed by atoms with Crippen molar-refractivity contribution in [3.05, 3.63) is 18.2 Å². The molecule has 1 amide bonds. The third-order valence-corrected chi connectivity index (χ3v) is 4.42. The average molecular weight is 293 g/mol. The first-order valence-electron chi connectivity index (χ1n) is 7.09. The molecule has 1 aliphatic carbocycles. The number of benzene rings is 1. The molecule has 1 N–H and O–H groups in total. The van der Waals surface area contributed by atoms with Crippen molar-refractivity contribution in [3.63, 3.8) is 0 Å². The standard InChI is InChI=1S/C15H19NO3S/c1-10(15(17)16-11-3-4-11)20-12-5-6-13-14(9-12)19-8-2-7-18-13/h5-6,9-11H,2-4,7-8H2,1H3,(H,16,17). The molecule has 0 aromatic heterocycles. The van der Waals surface area contributed by atoms with Gasteiger partial charge in [0.25, 0.3) is 0 Å². The van der Waals surface area contributed by atoms with Gasteiger partial charge in [-0.05, 0) is 38.0 Å². The number of thioether (sulfide) groups is 1. The van der Waals surface area contributed by atoms with Crippen molar-refractivity contribution in [2.75, 3.05) is 13.2 Å². The Bertz CT molecular complexity index is 502. The molecule has 1 unspecified atom stereocenters. The summed E-state index contributed by atoms with van der Waals surface area (Å²) in [4.78, 5) is 13.0. The van der Waals surface area contributed by atoms with E-state index in [0.717, 1.165) is 35.7 Å². The number of hydrogen-bond donors (Lipinski definition) is 1. The highest BCUT2D eigenvalue weighted by molar-refractivity contribution is 8.00. The lowest BCUT2D eigenvalue weighted by Crippen LogP contribution is -2.32. The van der Waals surface area contributed by atoms with E-state index >= 15 is 0 Å². The number of nitrogens with one attached hydrogen (secondary N) is 1. The van der Waals surface area contributed by atoms with Gasteiger partial charge in [-0.1, -0.05) is 0 Å². The van der Waals surface area contributed by atoms with E-state index in [0.29, 0.717) is 19.3 Å². The summed E-state index contributed by atoms with van der Waals surface area (Å²) in [6, 6.07) is 6.29. The highest BCUT2D eigenvalue weighted by Gasteiger charge is 2.26. The van der Waals surface area contributed by atoms with Crippen molar-refractivity contribution < 1.29 is 14.3 Å². The second-order valence-corrected chi connectivity index (χ2v) is 6.62. The predicted molar refractivity (Wildman–Crippen MR) is 78.5 cm³/mol. The summed E-state index contributed by atoms with van der Waals surface area (Å²) in [6.07, 6.45) is 3.14. The maximum absolute atomic E-state index is 12.0. The molecule has 4 nitrogen and oxygen atoms in total. The van der Waals surface area contributed by atoms with Crippen LogP contribution in [0.3, 0.4) is 0 Å². The Morgan fingerprint density at radius 1 is 1.30 bits per heavy atom. The number of hydrogen-bond acceptors (Lipinski definition) is 4. The number of fused-ring (bicyclic) bond motifs is 1. The highest BCUT2D eigenvalue weighted by Crippen LogP contribution is 2.35. The molecule has 108 valence electrons. The van der Waals surface area contributed by atoms with Crippen LogP contribution in [-0.4, -0.2) is 30.4 Å². The van der Waals surface area contributed by atoms with Crippen LogP contribution in [0.2, 0.25) is 0 Å². The van der Waals surface area contributed by atoms with Gasteiger partial charge in [0.1, 0.15) is 0 Å². The van der Waals surface area contributed by atoms with Gasteiger partial charge in [-0.15, -0.1) is 11.8 Å². The summed E-state index contributed by atoms with van der Waals surface area (Å²) in [5.41, 5.74) is 0. The Kier molecular flexibility index (Phi) is 4.05. The summed E-state index contributed by atoms with van der Waals surface area (Å²) in [5.74, 6) is 1.69. The van der Waals surface area contributed by atoms with Crippen molar-refractivity contribution in [1.82, 2.24) is 5.32 Å². The fraction of sp³-hybridized carbons (Fsp3) is 0.533. The van der Waals surface area contributed by atoms with E-state index in [-0.39, 0.29) is 11.2 Å². The number of ether oxygens (including phenoxy) is 2. The van der Waals surface area contributed by atoms with Gasteiger partial charge < -0.3 is 14.8 Å². The second-order valence-electron chi connectivity index (χ2n) is 5.20. The summed E-state index contributed by atoms with van der Waals surface area (Å²) in [7, 11) is 0. The van der Waals surface area contributed by atoms with E-state index < -0.39 is 0 Å². The van der Waals surface area contributed by atoms with Gasteiger partial charge in [0.15, 0.2) is 11.5 Å². The Balaban J connectivity index is 1.64. The maximum Gasteiger partial charge on any atom is 0.233 e. The molecule has 1 aromatic carbocycles. The number of rotatable bonds is 4. The highest BCUT2D eigenvalue weighted by atomic mass is 32.2. The Hall–Kier alpha value is -1.36. The first kappa shape index (κ1) is 13.6. The Morgan fingerprint density at radius 3 is 2.80 bits per heavy atom. The summed E-state index contributed by atoms with van der Waals surface area (Å²) in [6.45, 7) is 3.31. The molecule has 1 saturated carbocycles. The van der Waals surface area contributed by atoms with E-state index in [1.165, 1.54) is 0 Å². The topological polar surface area (TPSA) is 47.6 Å². The molecule has 1 fully saturated rings. The van der Waals surface area contributed by atoms with Crippen LogP contribution in [0.15, 0.2) is 23.1 Å². The monoisotopic (exact) mass is 293 g/mol. The lowest BCUT2D eigenvalue weighted by atomic mass is 10.3. The summed E-state index contributed by atoms with van der Waals surface area (Å²) in [5, 5.41) is 2.93. The third-order valence-electron chi connectivity index (χ3n) is 3.32. The quantitative estimate of drug-likeness (QED) is 0.867. The molecule has 0 bridgehead atoms.